The van der Waals surface area contributed by atoms with E-state index in [1.54, 1.807) is 11.7 Å². The van der Waals surface area contributed by atoms with Crippen molar-refractivity contribution in [2.45, 2.75) is 32.6 Å². The number of hydrogen-bond donors (Lipinski definition) is 1. The largest absolute Gasteiger partial charge is 0.350 e. The van der Waals surface area contributed by atoms with Crippen LogP contribution in [0.25, 0.3) is 33.2 Å². The fourth-order valence-corrected chi connectivity index (χ4v) is 5.53. The lowest BCUT2D eigenvalue weighted by molar-refractivity contribution is -0.122. The van der Waals surface area contributed by atoms with Crippen molar-refractivity contribution in [3.05, 3.63) is 93.8 Å². The molecule has 0 saturated carbocycles. The van der Waals surface area contributed by atoms with Gasteiger partial charge in [0.1, 0.15) is 28.6 Å². The zero-order valence-corrected chi connectivity index (χ0v) is 23.5. The monoisotopic (exact) mass is 599 g/mol. The molecule has 0 bridgehead atoms. The molecule has 202 valence electrons. The highest BCUT2D eigenvalue weighted by Gasteiger charge is 2.17. The van der Waals surface area contributed by atoms with E-state index in [9.17, 15) is 9.59 Å². The Kier molecular flexibility index (Phi) is 6.76. The van der Waals surface area contributed by atoms with E-state index in [2.05, 4.69) is 76.5 Å². The number of aryl methyl sites for hydroxylation is 1. The number of fused-ring (bicyclic) bond motifs is 2. The molecule has 1 atom stereocenters. The molecule has 4 aromatic heterocycles. The predicted molar refractivity (Wildman–Crippen MR) is 155 cm³/mol. The Morgan fingerprint density at radius 2 is 1.88 bits per heavy atom. The van der Waals surface area contributed by atoms with Gasteiger partial charge in [-0.3, -0.25) is 18.8 Å². The Balaban J connectivity index is 1.14. The van der Waals surface area contributed by atoms with Crippen molar-refractivity contribution in [2.75, 3.05) is 0 Å². The van der Waals surface area contributed by atoms with Crippen molar-refractivity contribution in [2.24, 2.45) is 7.05 Å². The zero-order chi connectivity index (χ0) is 27.8. The molecule has 0 fully saturated rings. The Bertz CT molecular complexity index is 1900. The molecule has 6 aromatic rings. The number of carbonyl (C=O) groups is 1. The van der Waals surface area contributed by atoms with Gasteiger partial charge in [-0.1, -0.05) is 53.7 Å². The van der Waals surface area contributed by atoms with Gasteiger partial charge in [-0.15, -0.1) is 5.10 Å². The molecule has 0 saturated heterocycles. The van der Waals surface area contributed by atoms with E-state index < -0.39 is 0 Å². The van der Waals surface area contributed by atoms with Crippen LogP contribution in [0.5, 0.6) is 0 Å². The fourth-order valence-electron chi connectivity index (χ4n) is 4.94. The fraction of sp³-hybridized carbons (Fsp3) is 0.214. The summed E-state index contributed by atoms with van der Waals surface area (Å²) >= 11 is 3.29. The molecule has 2 aromatic carbocycles. The molecule has 0 aliphatic heterocycles. The summed E-state index contributed by atoms with van der Waals surface area (Å²) in [6, 6.07) is 20.5. The van der Waals surface area contributed by atoms with Crippen LogP contribution < -0.4 is 10.9 Å². The summed E-state index contributed by atoms with van der Waals surface area (Å²) in [6.45, 7) is 2.71. The molecule has 0 aliphatic rings. The summed E-state index contributed by atoms with van der Waals surface area (Å²) < 4.78 is 7.15. The molecule has 11 nitrogen and oxygen atoms in total. The van der Waals surface area contributed by atoms with E-state index in [4.69, 9.17) is 0 Å². The maximum absolute atomic E-state index is 12.8. The van der Waals surface area contributed by atoms with Crippen molar-refractivity contribution in [3.8, 4) is 11.3 Å². The molecule has 0 aliphatic carbocycles. The first-order valence-electron chi connectivity index (χ1n) is 12.8. The molecule has 0 unspecified atom stereocenters. The quantitative estimate of drug-likeness (QED) is 0.287. The number of benzene rings is 2. The second-order valence-electron chi connectivity index (χ2n) is 9.73. The van der Waals surface area contributed by atoms with E-state index in [1.807, 2.05) is 43.5 Å². The third-order valence-electron chi connectivity index (χ3n) is 6.74. The third kappa shape index (κ3) is 4.93. The standard InChI is InChI=1S/C28H26BrN9O2/c1-18(31-24(39)16-36-17-30-27-25(28(36)40)26(29)33-35(27)2)13-37-14-21(32-34-37)15-38-22-11-7-6-10-20(22)12-23(38)19-8-4-3-5-9-19/h3-12,14,17-18H,13,15-16H2,1-2H3,(H,31,39)/t18-/m0/s1. The van der Waals surface area contributed by atoms with Gasteiger partial charge >= 0.3 is 0 Å². The highest BCUT2D eigenvalue weighted by Crippen LogP contribution is 2.28. The number of hydrogen-bond acceptors (Lipinski definition) is 6. The maximum Gasteiger partial charge on any atom is 0.266 e. The Hall–Kier alpha value is -4.58. The minimum atomic E-state index is -0.332. The number of nitrogens with zero attached hydrogens (tertiary/aromatic N) is 8. The molecular formula is C28H26BrN9O2. The number of nitrogens with one attached hydrogen (secondary N) is 1. The van der Waals surface area contributed by atoms with Crippen LogP contribution in [0, 0.1) is 0 Å². The van der Waals surface area contributed by atoms with Gasteiger partial charge in [0.05, 0.1) is 19.3 Å². The number of halogens is 1. The van der Waals surface area contributed by atoms with Gasteiger partial charge in [-0.2, -0.15) is 5.10 Å². The molecule has 40 heavy (non-hydrogen) atoms. The second-order valence-corrected chi connectivity index (χ2v) is 10.5. The normalized spacial score (nSPS) is 12.3. The molecule has 1 N–H and O–H groups in total. The van der Waals surface area contributed by atoms with Gasteiger partial charge in [0.15, 0.2) is 5.65 Å². The van der Waals surface area contributed by atoms with Gasteiger partial charge in [-0.05, 0) is 40.5 Å². The highest BCUT2D eigenvalue weighted by molar-refractivity contribution is 9.10. The average molecular weight is 600 g/mol. The first-order valence-corrected chi connectivity index (χ1v) is 13.6. The van der Waals surface area contributed by atoms with Crippen LogP contribution in [0.2, 0.25) is 0 Å². The zero-order valence-electron chi connectivity index (χ0n) is 21.9. The van der Waals surface area contributed by atoms with Gasteiger partial charge in [0.25, 0.3) is 5.56 Å². The van der Waals surface area contributed by atoms with E-state index in [-0.39, 0.29) is 24.1 Å². The molecule has 6 rings (SSSR count). The number of para-hydroxylation sites is 1. The van der Waals surface area contributed by atoms with Crippen LogP contribution in [0.3, 0.4) is 0 Å². The Labute approximate surface area is 237 Å². The predicted octanol–water partition coefficient (Wildman–Crippen LogP) is 3.36. The summed E-state index contributed by atoms with van der Waals surface area (Å²) in [5, 5.41) is 17.3. The van der Waals surface area contributed by atoms with Crippen LogP contribution in [-0.4, -0.2) is 50.8 Å². The number of aromatic nitrogens is 8. The molecular weight excluding hydrogens is 574 g/mol. The Morgan fingerprint density at radius 1 is 1.10 bits per heavy atom. The van der Waals surface area contributed by atoms with Gasteiger partial charge in [0, 0.05) is 29.7 Å². The third-order valence-corrected chi connectivity index (χ3v) is 7.29. The number of amides is 1. The van der Waals surface area contributed by atoms with Crippen molar-refractivity contribution >= 4 is 43.8 Å². The number of rotatable bonds is 8. The topological polar surface area (TPSA) is 117 Å². The van der Waals surface area contributed by atoms with Gasteiger partial charge < -0.3 is 9.88 Å². The van der Waals surface area contributed by atoms with Crippen LogP contribution in [0.15, 0.2) is 82.6 Å². The van der Waals surface area contributed by atoms with Crippen LogP contribution in [-0.2, 0) is 31.5 Å². The van der Waals surface area contributed by atoms with E-state index >= 15 is 0 Å². The summed E-state index contributed by atoms with van der Waals surface area (Å²) in [7, 11) is 1.71. The summed E-state index contributed by atoms with van der Waals surface area (Å²) in [5.41, 5.74) is 4.29. The summed E-state index contributed by atoms with van der Waals surface area (Å²) in [5.74, 6) is -0.303. The first-order chi connectivity index (χ1) is 19.4. The number of carbonyl (C=O) groups excluding carboxylic acids is 1. The maximum atomic E-state index is 12.8. The van der Waals surface area contributed by atoms with E-state index in [1.165, 1.54) is 15.6 Å². The van der Waals surface area contributed by atoms with E-state index in [0.29, 0.717) is 28.7 Å². The van der Waals surface area contributed by atoms with Crippen LogP contribution >= 0.6 is 15.9 Å². The van der Waals surface area contributed by atoms with Gasteiger partial charge in [-0.25, -0.2) is 9.67 Å². The SMILES string of the molecule is C[C@@H](Cn1cc(Cn2c(-c3ccccc3)cc3ccccc32)nn1)NC(=O)Cn1cnc2c(c(Br)nn2C)c1=O. The lowest BCUT2D eigenvalue weighted by Gasteiger charge is -2.14. The van der Waals surface area contributed by atoms with Crippen molar-refractivity contribution in [1.82, 2.24) is 44.2 Å². The first kappa shape index (κ1) is 25.7. The summed E-state index contributed by atoms with van der Waals surface area (Å²) in [6.07, 6.45) is 3.26. The van der Waals surface area contributed by atoms with Crippen molar-refractivity contribution in [1.29, 1.82) is 0 Å². The van der Waals surface area contributed by atoms with Crippen LogP contribution in [0.1, 0.15) is 12.6 Å². The second kappa shape index (κ2) is 10.5. The average Bonchev–Trinajstić information content (AvgIpc) is 3.62. The molecule has 1 amide bonds. The lowest BCUT2D eigenvalue weighted by Crippen LogP contribution is -2.39. The van der Waals surface area contributed by atoms with E-state index in [0.717, 1.165) is 27.9 Å². The summed E-state index contributed by atoms with van der Waals surface area (Å²) in [4.78, 5) is 29.8. The molecule has 4 heterocycles. The smallest absolute Gasteiger partial charge is 0.266 e. The minimum absolute atomic E-state index is 0.154. The molecule has 12 heteroatoms. The van der Waals surface area contributed by atoms with Crippen molar-refractivity contribution < 1.29 is 4.79 Å². The minimum Gasteiger partial charge on any atom is -0.350 e. The van der Waals surface area contributed by atoms with Gasteiger partial charge in [0.2, 0.25) is 5.91 Å². The van der Waals surface area contributed by atoms with Crippen molar-refractivity contribution in [3.63, 3.8) is 0 Å². The Morgan fingerprint density at radius 3 is 2.70 bits per heavy atom. The molecule has 0 radical (unpaired) electrons. The molecule has 0 spiro atoms. The lowest BCUT2D eigenvalue weighted by atomic mass is 10.1. The highest BCUT2D eigenvalue weighted by atomic mass is 79.9. The van der Waals surface area contributed by atoms with Crippen LogP contribution in [0.4, 0.5) is 0 Å².